The van der Waals surface area contributed by atoms with Gasteiger partial charge in [0.2, 0.25) is 0 Å². The zero-order valence-corrected chi connectivity index (χ0v) is 15.3. The predicted octanol–water partition coefficient (Wildman–Crippen LogP) is 3.89. The highest BCUT2D eigenvalue weighted by Gasteiger charge is 2.30. The van der Waals surface area contributed by atoms with E-state index in [0.29, 0.717) is 10.4 Å². The summed E-state index contributed by atoms with van der Waals surface area (Å²) in [6, 6.07) is 11.9. The minimum atomic E-state index is -3.70. The van der Waals surface area contributed by atoms with Crippen LogP contribution in [0.15, 0.2) is 63.5 Å². The van der Waals surface area contributed by atoms with Crippen molar-refractivity contribution in [2.75, 3.05) is 6.54 Å². The Hall–Kier alpha value is -2.03. The summed E-state index contributed by atoms with van der Waals surface area (Å²) in [4.78, 5) is 12.7. The second kappa shape index (κ2) is 7.47. The van der Waals surface area contributed by atoms with Gasteiger partial charge in [-0.2, -0.15) is 0 Å². The Balaban J connectivity index is 1.89. The summed E-state index contributed by atoms with van der Waals surface area (Å²) in [5, 5.41) is 5.13. The number of hydrogen-bond donors (Lipinski definition) is 1. The molecule has 2 aromatic heterocycles. The molecule has 0 aliphatic heterocycles. The Kier molecular flexibility index (Phi) is 5.31. The topological polar surface area (TPSA) is 63.2 Å². The van der Waals surface area contributed by atoms with Crippen molar-refractivity contribution in [3.8, 4) is 0 Å². The van der Waals surface area contributed by atoms with Crippen LogP contribution >= 0.6 is 22.7 Å². The van der Waals surface area contributed by atoms with Crippen molar-refractivity contribution in [3.05, 3.63) is 75.5 Å². The minimum absolute atomic E-state index is 0.0946. The van der Waals surface area contributed by atoms with Gasteiger partial charge in [0.15, 0.2) is 9.84 Å². The quantitative estimate of drug-likeness (QED) is 0.689. The van der Waals surface area contributed by atoms with Gasteiger partial charge in [-0.1, -0.05) is 24.3 Å². The number of nitrogens with one attached hydrogen (secondary N) is 1. The summed E-state index contributed by atoms with van der Waals surface area (Å²) >= 11 is 2.39. The lowest BCUT2D eigenvalue weighted by atomic mass is 10.1. The Morgan fingerprint density at radius 2 is 1.72 bits per heavy atom. The summed E-state index contributed by atoms with van der Waals surface area (Å²) in [7, 11) is -3.70. The van der Waals surface area contributed by atoms with Gasteiger partial charge in [0, 0.05) is 6.54 Å². The van der Waals surface area contributed by atoms with Crippen molar-refractivity contribution in [2.45, 2.75) is 9.46 Å². The van der Waals surface area contributed by atoms with Gasteiger partial charge in [-0.15, -0.1) is 22.7 Å². The average Bonchev–Trinajstić information content (AvgIpc) is 3.30. The minimum Gasteiger partial charge on any atom is -0.350 e. The van der Waals surface area contributed by atoms with E-state index in [1.165, 1.54) is 41.7 Å². The Bertz CT molecular complexity index is 934. The Labute approximate surface area is 152 Å². The van der Waals surface area contributed by atoms with Gasteiger partial charge in [0.05, 0.1) is 4.88 Å². The molecule has 2 heterocycles. The molecule has 4 nitrogen and oxygen atoms in total. The number of sulfone groups is 1. The number of carbonyl (C=O) groups is 1. The average molecular weight is 396 g/mol. The van der Waals surface area contributed by atoms with Crippen LogP contribution in [-0.2, 0) is 9.84 Å². The van der Waals surface area contributed by atoms with Crippen molar-refractivity contribution in [3.63, 3.8) is 0 Å². The molecule has 0 saturated heterocycles. The molecule has 1 amide bonds. The molecular formula is C17H14FNO3S3. The van der Waals surface area contributed by atoms with Gasteiger partial charge in [-0.3, -0.25) is 4.79 Å². The highest BCUT2D eigenvalue weighted by molar-refractivity contribution is 7.93. The standard InChI is InChI=1S/C17H14FNO3S3/c18-13-7-5-12(6-8-13)15(25(21,22)16-4-2-10-24-16)11-19-17(20)14-3-1-9-23-14/h1-10,15H,11H2,(H,19,20)/t15-/m0/s1. The van der Waals surface area contributed by atoms with E-state index < -0.39 is 20.9 Å². The van der Waals surface area contributed by atoms with Crippen molar-refractivity contribution in [1.82, 2.24) is 5.32 Å². The fourth-order valence-corrected chi connectivity index (χ4v) is 5.84. The molecule has 3 aromatic rings. The normalized spacial score (nSPS) is 12.7. The lowest BCUT2D eigenvalue weighted by molar-refractivity contribution is 0.0957. The second-order valence-electron chi connectivity index (χ2n) is 5.20. The van der Waals surface area contributed by atoms with Crippen molar-refractivity contribution in [2.24, 2.45) is 0 Å². The zero-order chi connectivity index (χ0) is 17.9. The van der Waals surface area contributed by atoms with Crippen LogP contribution in [0.1, 0.15) is 20.5 Å². The van der Waals surface area contributed by atoms with Crippen molar-refractivity contribution < 1.29 is 17.6 Å². The van der Waals surface area contributed by atoms with E-state index in [1.54, 1.807) is 29.0 Å². The number of amides is 1. The Morgan fingerprint density at radius 1 is 1.04 bits per heavy atom. The number of benzene rings is 1. The fourth-order valence-electron chi connectivity index (χ4n) is 2.33. The van der Waals surface area contributed by atoms with Gasteiger partial charge in [-0.25, -0.2) is 12.8 Å². The van der Waals surface area contributed by atoms with Crippen LogP contribution in [0.5, 0.6) is 0 Å². The van der Waals surface area contributed by atoms with Crippen LogP contribution in [0, 0.1) is 5.82 Å². The number of hydrogen-bond acceptors (Lipinski definition) is 5. The molecule has 0 spiro atoms. The molecule has 0 saturated carbocycles. The van der Waals surface area contributed by atoms with E-state index in [4.69, 9.17) is 0 Å². The molecular weight excluding hydrogens is 381 g/mol. The number of halogens is 1. The first-order valence-corrected chi connectivity index (χ1v) is 10.6. The summed E-state index contributed by atoms with van der Waals surface area (Å²) < 4.78 is 39.3. The highest BCUT2D eigenvalue weighted by atomic mass is 32.2. The van der Waals surface area contributed by atoms with Gasteiger partial charge < -0.3 is 5.32 Å². The summed E-state index contributed by atoms with van der Waals surface area (Å²) in [5.41, 5.74) is 0.432. The third-order valence-electron chi connectivity index (χ3n) is 3.58. The highest BCUT2D eigenvalue weighted by Crippen LogP contribution is 2.31. The molecule has 0 fully saturated rings. The maximum atomic E-state index is 13.2. The second-order valence-corrected chi connectivity index (χ2v) is 9.46. The first kappa shape index (κ1) is 17.8. The van der Waals surface area contributed by atoms with Gasteiger partial charge in [0.1, 0.15) is 15.3 Å². The van der Waals surface area contributed by atoms with E-state index >= 15 is 0 Å². The molecule has 0 bridgehead atoms. The molecule has 25 heavy (non-hydrogen) atoms. The van der Waals surface area contributed by atoms with Crippen LogP contribution in [0.4, 0.5) is 4.39 Å². The third-order valence-corrected chi connectivity index (χ3v) is 7.99. The number of carbonyl (C=O) groups excluding carboxylic acids is 1. The van der Waals surface area contributed by atoms with E-state index in [9.17, 15) is 17.6 Å². The largest absolute Gasteiger partial charge is 0.350 e. The van der Waals surface area contributed by atoms with Crippen LogP contribution in [0.25, 0.3) is 0 Å². The van der Waals surface area contributed by atoms with Crippen LogP contribution in [0.2, 0.25) is 0 Å². The van der Waals surface area contributed by atoms with Crippen LogP contribution < -0.4 is 5.32 Å². The monoisotopic (exact) mass is 395 g/mol. The lowest BCUT2D eigenvalue weighted by Gasteiger charge is -2.18. The van der Waals surface area contributed by atoms with E-state index in [2.05, 4.69) is 5.32 Å². The first-order chi connectivity index (χ1) is 12.0. The summed E-state index contributed by atoms with van der Waals surface area (Å²) in [5.74, 6) is -0.776. The van der Waals surface area contributed by atoms with Gasteiger partial charge in [-0.05, 0) is 40.6 Å². The Morgan fingerprint density at radius 3 is 2.32 bits per heavy atom. The fraction of sp³-hybridized carbons (Fsp3) is 0.118. The zero-order valence-electron chi connectivity index (χ0n) is 12.9. The molecule has 3 rings (SSSR count). The summed E-state index contributed by atoms with van der Waals surface area (Å²) in [6.07, 6.45) is 0. The third kappa shape index (κ3) is 3.97. The van der Waals surface area contributed by atoms with E-state index in [1.807, 2.05) is 0 Å². The SMILES string of the molecule is O=C(NC[C@@H](c1ccc(F)cc1)S(=O)(=O)c1cccs1)c1cccs1. The van der Waals surface area contributed by atoms with Gasteiger partial charge in [0.25, 0.3) is 5.91 Å². The van der Waals surface area contributed by atoms with Crippen molar-refractivity contribution in [1.29, 1.82) is 0 Å². The molecule has 1 atom stereocenters. The maximum Gasteiger partial charge on any atom is 0.261 e. The molecule has 1 N–H and O–H groups in total. The van der Waals surface area contributed by atoms with E-state index in [0.717, 1.165) is 11.3 Å². The number of rotatable bonds is 6. The molecule has 8 heteroatoms. The predicted molar refractivity (Wildman–Crippen MR) is 97.3 cm³/mol. The molecule has 0 radical (unpaired) electrons. The molecule has 0 aliphatic rings. The molecule has 0 aliphatic carbocycles. The number of thiophene rings is 2. The van der Waals surface area contributed by atoms with E-state index in [-0.39, 0.29) is 16.7 Å². The molecule has 1 aromatic carbocycles. The molecule has 130 valence electrons. The molecule has 0 unspecified atom stereocenters. The lowest BCUT2D eigenvalue weighted by Crippen LogP contribution is -2.31. The van der Waals surface area contributed by atoms with Gasteiger partial charge >= 0.3 is 0 Å². The van der Waals surface area contributed by atoms with Crippen LogP contribution in [-0.4, -0.2) is 20.9 Å². The van der Waals surface area contributed by atoms with Crippen molar-refractivity contribution >= 4 is 38.4 Å². The maximum absolute atomic E-state index is 13.2. The van der Waals surface area contributed by atoms with Crippen LogP contribution in [0.3, 0.4) is 0 Å². The first-order valence-electron chi connectivity index (χ1n) is 7.33. The summed E-state index contributed by atoms with van der Waals surface area (Å²) in [6.45, 7) is -0.0946. The smallest absolute Gasteiger partial charge is 0.261 e.